The van der Waals surface area contributed by atoms with Gasteiger partial charge in [0.15, 0.2) is 5.69 Å². The Hall–Kier alpha value is -0.790. The minimum Gasteiger partial charge on any atom is -0.461 e. The van der Waals surface area contributed by atoms with E-state index in [1.807, 2.05) is 36.4 Å². The number of nitrogens with zero attached hydrogens (tertiary/aromatic N) is 2. The number of esters is 1. The third-order valence-electron chi connectivity index (χ3n) is 2.36. The quantitative estimate of drug-likeness (QED) is 0.676. The predicted molar refractivity (Wildman–Crippen MR) is 70.3 cm³/mol. The molecular formula is C10H16IN3O2. The lowest BCUT2D eigenvalue weighted by atomic mass is 10.3. The summed E-state index contributed by atoms with van der Waals surface area (Å²) < 4.78 is 7.25. The summed E-state index contributed by atoms with van der Waals surface area (Å²) in [6, 6.07) is 0.177. The monoisotopic (exact) mass is 337 g/mol. The maximum absolute atomic E-state index is 11.6. The van der Waals surface area contributed by atoms with Gasteiger partial charge < -0.3 is 10.5 Å². The molecule has 0 bridgehead atoms. The second-order valence-corrected chi connectivity index (χ2v) is 4.55. The zero-order chi connectivity index (χ0) is 12.3. The van der Waals surface area contributed by atoms with E-state index in [4.69, 9.17) is 10.5 Å². The van der Waals surface area contributed by atoms with Gasteiger partial charge in [0.25, 0.3) is 0 Å². The van der Waals surface area contributed by atoms with Crippen molar-refractivity contribution in [2.45, 2.75) is 33.2 Å². The van der Waals surface area contributed by atoms with E-state index in [1.165, 1.54) is 0 Å². The molecule has 0 saturated carbocycles. The van der Waals surface area contributed by atoms with E-state index >= 15 is 0 Å². The molecule has 1 unspecified atom stereocenters. The van der Waals surface area contributed by atoms with Crippen LogP contribution in [-0.4, -0.2) is 22.4 Å². The fourth-order valence-electron chi connectivity index (χ4n) is 1.27. The molecule has 0 aliphatic rings. The number of aromatic nitrogens is 2. The predicted octanol–water partition coefficient (Wildman–Crippen LogP) is 2.22. The van der Waals surface area contributed by atoms with E-state index in [1.54, 1.807) is 11.6 Å². The van der Waals surface area contributed by atoms with Crippen LogP contribution in [0.2, 0.25) is 0 Å². The first-order valence-electron chi connectivity index (χ1n) is 5.23. The molecule has 16 heavy (non-hydrogen) atoms. The minimum absolute atomic E-state index is 0.177. The zero-order valence-electron chi connectivity index (χ0n) is 9.66. The summed E-state index contributed by atoms with van der Waals surface area (Å²) in [5.74, 6) is 0.110. The van der Waals surface area contributed by atoms with Crippen molar-refractivity contribution in [1.29, 1.82) is 0 Å². The van der Waals surface area contributed by atoms with E-state index in [0.29, 0.717) is 21.7 Å². The van der Waals surface area contributed by atoms with Crippen LogP contribution < -0.4 is 5.73 Å². The van der Waals surface area contributed by atoms with Gasteiger partial charge in [0.05, 0.1) is 16.2 Å². The molecule has 1 aromatic rings. The molecule has 1 aromatic heterocycles. The summed E-state index contributed by atoms with van der Waals surface area (Å²) in [5, 5.41) is 4.21. The normalized spacial score (nSPS) is 12.5. The summed E-state index contributed by atoms with van der Waals surface area (Å²) in [7, 11) is 0. The number of halogens is 1. The van der Waals surface area contributed by atoms with Gasteiger partial charge in [-0.25, -0.2) is 9.48 Å². The molecule has 0 fully saturated rings. The fraction of sp³-hybridized carbons (Fsp3) is 0.600. The second-order valence-electron chi connectivity index (χ2n) is 3.47. The Morgan fingerprint density at radius 1 is 1.62 bits per heavy atom. The Balaban J connectivity index is 3.09. The van der Waals surface area contributed by atoms with Gasteiger partial charge in [0.1, 0.15) is 5.82 Å². The molecule has 6 heteroatoms. The van der Waals surface area contributed by atoms with Crippen LogP contribution >= 0.6 is 22.6 Å². The molecule has 5 nitrogen and oxygen atoms in total. The number of nitrogens with two attached hydrogens (primary N) is 1. The SMILES string of the molecule is CCOC(=O)c1nn(C(C)CC)c(N)c1I. The number of anilines is 1. The summed E-state index contributed by atoms with van der Waals surface area (Å²) >= 11 is 2.02. The average Bonchev–Trinajstić information content (AvgIpc) is 2.56. The van der Waals surface area contributed by atoms with Crippen LogP contribution in [0.1, 0.15) is 43.7 Å². The molecule has 1 heterocycles. The van der Waals surface area contributed by atoms with Crippen LogP contribution in [0.5, 0.6) is 0 Å². The Morgan fingerprint density at radius 3 is 2.75 bits per heavy atom. The number of ether oxygens (including phenoxy) is 1. The molecule has 0 aromatic carbocycles. The molecule has 0 spiro atoms. The third kappa shape index (κ3) is 2.47. The molecule has 1 atom stereocenters. The lowest BCUT2D eigenvalue weighted by molar-refractivity contribution is 0.0517. The minimum atomic E-state index is -0.416. The molecule has 1 rings (SSSR count). The van der Waals surface area contributed by atoms with Crippen molar-refractivity contribution in [2.75, 3.05) is 12.3 Å². The van der Waals surface area contributed by atoms with Gasteiger partial charge in [-0.3, -0.25) is 0 Å². The highest BCUT2D eigenvalue weighted by atomic mass is 127. The van der Waals surface area contributed by atoms with Crippen molar-refractivity contribution < 1.29 is 9.53 Å². The van der Waals surface area contributed by atoms with E-state index < -0.39 is 5.97 Å². The lowest BCUT2D eigenvalue weighted by Crippen LogP contribution is -2.11. The van der Waals surface area contributed by atoms with Gasteiger partial charge >= 0.3 is 5.97 Å². The lowest BCUT2D eigenvalue weighted by Gasteiger charge is -2.10. The van der Waals surface area contributed by atoms with Crippen LogP contribution in [-0.2, 0) is 4.74 Å². The van der Waals surface area contributed by atoms with Crippen LogP contribution in [0, 0.1) is 3.57 Å². The van der Waals surface area contributed by atoms with Crippen LogP contribution in [0.25, 0.3) is 0 Å². The molecule has 0 radical (unpaired) electrons. The van der Waals surface area contributed by atoms with Gasteiger partial charge in [0, 0.05) is 0 Å². The largest absolute Gasteiger partial charge is 0.461 e. The van der Waals surface area contributed by atoms with Crippen molar-refractivity contribution in [3.63, 3.8) is 0 Å². The topological polar surface area (TPSA) is 70.1 Å². The Labute approximate surface area is 108 Å². The number of hydrogen-bond donors (Lipinski definition) is 1. The summed E-state index contributed by atoms with van der Waals surface area (Å²) in [6.45, 7) is 6.15. The fourth-order valence-corrected chi connectivity index (χ4v) is 1.84. The molecule has 0 amide bonds. The highest BCUT2D eigenvalue weighted by Crippen LogP contribution is 2.24. The van der Waals surface area contributed by atoms with Crippen molar-refractivity contribution in [1.82, 2.24) is 9.78 Å². The Bertz CT molecular complexity index is 390. The van der Waals surface area contributed by atoms with Crippen molar-refractivity contribution in [3.05, 3.63) is 9.26 Å². The molecule has 2 N–H and O–H groups in total. The van der Waals surface area contributed by atoms with Gasteiger partial charge in [0.2, 0.25) is 0 Å². The van der Waals surface area contributed by atoms with Gasteiger partial charge in [-0.1, -0.05) is 6.92 Å². The number of nitrogen functional groups attached to an aromatic ring is 1. The highest BCUT2D eigenvalue weighted by Gasteiger charge is 2.22. The second kappa shape index (κ2) is 5.51. The first kappa shape index (κ1) is 13.3. The zero-order valence-corrected chi connectivity index (χ0v) is 11.8. The molecule has 0 aliphatic carbocycles. The van der Waals surface area contributed by atoms with Crippen LogP contribution in [0.15, 0.2) is 0 Å². The smallest absolute Gasteiger partial charge is 0.360 e. The number of carbonyl (C=O) groups is 1. The standard InChI is InChI=1S/C10H16IN3O2/c1-4-6(3)14-9(12)7(11)8(13-14)10(15)16-5-2/h6H,4-5,12H2,1-3H3. The van der Waals surface area contributed by atoms with E-state index in [0.717, 1.165) is 6.42 Å². The van der Waals surface area contributed by atoms with Gasteiger partial charge in [-0.15, -0.1) is 0 Å². The molecular weight excluding hydrogens is 321 g/mol. The number of carbonyl (C=O) groups excluding carboxylic acids is 1. The van der Waals surface area contributed by atoms with Crippen molar-refractivity contribution >= 4 is 34.4 Å². The Kier molecular flexibility index (Phi) is 4.57. The number of rotatable bonds is 4. The highest BCUT2D eigenvalue weighted by molar-refractivity contribution is 14.1. The molecule has 90 valence electrons. The Morgan fingerprint density at radius 2 is 2.25 bits per heavy atom. The summed E-state index contributed by atoms with van der Waals surface area (Å²) in [5.41, 5.74) is 6.20. The summed E-state index contributed by atoms with van der Waals surface area (Å²) in [4.78, 5) is 11.6. The third-order valence-corrected chi connectivity index (χ3v) is 3.43. The van der Waals surface area contributed by atoms with Crippen LogP contribution in [0.4, 0.5) is 5.82 Å². The van der Waals surface area contributed by atoms with Gasteiger partial charge in [-0.05, 0) is 42.9 Å². The maximum Gasteiger partial charge on any atom is 0.360 e. The van der Waals surface area contributed by atoms with E-state index in [9.17, 15) is 4.79 Å². The van der Waals surface area contributed by atoms with E-state index in [-0.39, 0.29) is 6.04 Å². The molecule has 0 saturated heterocycles. The molecule has 0 aliphatic heterocycles. The van der Waals surface area contributed by atoms with E-state index in [2.05, 4.69) is 5.10 Å². The van der Waals surface area contributed by atoms with Crippen molar-refractivity contribution in [2.24, 2.45) is 0 Å². The van der Waals surface area contributed by atoms with Crippen molar-refractivity contribution in [3.8, 4) is 0 Å². The van der Waals surface area contributed by atoms with Crippen LogP contribution in [0.3, 0.4) is 0 Å². The number of hydrogen-bond acceptors (Lipinski definition) is 4. The summed E-state index contributed by atoms with van der Waals surface area (Å²) in [6.07, 6.45) is 0.907. The van der Waals surface area contributed by atoms with Gasteiger partial charge in [-0.2, -0.15) is 5.10 Å². The first-order valence-corrected chi connectivity index (χ1v) is 6.31. The maximum atomic E-state index is 11.6. The average molecular weight is 337 g/mol. The first-order chi connectivity index (χ1) is 7.52.